The zero-order valence-corrected chi connectivity index (χ0v) is 11.8. The Hall–Kier alpha value is -1.26. The van der Waals surface area contributed by atoms with E-state index in [-0.39, 0.29) is 5.82 Å². The average Bonchev–Trinajstić information content (AvgIpc) is 2.72. The van der Waals surface area contributed by atoms with Crippen molar-refractivity contribution in [1.82, 2.24) is 4.98 Å². The van der Waals surface area contributed by atoms with Gasteiger partial charge in [-0.15, -0.1) is 0 Å². The third kappa shape index (κ3) is 2.30. The van der Waals surface area contributed by atoms with E-state index in [9.17, 15) is 9.50 Å². The third-order valence-corrected chi connectivity index (χ3v) is 4.14. The van der Waals surface area contributed by atoms with Crippen molar-refractivity contribution in [2.75, 3.05) is 0 Å². The van der Waals surface area contributed by atoms with Crippen LogP contribution in [-0.2, 0) is 18.4 Å². The van der Waals surface area contributed by atoms with E-state index in [4.69, 9.17) is 0 Å². The standard InChI is InChI=1S/C15H13BrFNO/c16-10-4-5-11(18-9-10)8-15(19)7-6-12-13(15)2-1-3-14(12)17/h1-5,9,19H,6-8H2. The van der Waals surface area contributed by atoms with Crippen LogP contribution < -0.4 is 0 Å². The van der Waals surface area contributed by atoms with Gasteiger partial charge in [0.1, 0.15) is 5.82 Å². The van der Waals surface area contributed by atoms with Gasteiger partial charge in [-0.25, -0.2) is 4.39 Å². The topological polar surface area (TPSA) is 33.1 Å². The Morgan fingerprint density at radius 1 is 1.32 bits per heavy atom. The fraction of sp³-hybridized carbons (Fsp3) is 0.267. The fourth-order valence-electron chi connectivity index (χ4n) is 2.71. The molecule has 0 saturated carbocycles. The fourth-order valence-corrected chi connectivity index (χ4v) is 2.94. The van der Waals surface area contributed by atoms with Gasteiger partial charge < -0.3 is 5.11 Å². The predicted molar refractivity (Wildman–Crippen MR) is 74.3 cm³/mol. The van der Waals surface area contributed by atoms with Crippen molar-refractivity contribution in [3.05, 3.63) is 63.6 Å². The van der Waals surface area contributed by atoms with Crippen LogP contribution in [0.4, 0.5) is 4.39 Å². The molecule has 19 heavy (non-hydrogen) atoms. The summed E-state index contributed by atoms with van der Waals surface area (Å²) in [6.07, 6.45) is 3.24. The van der Waals surface area contributed by atoms with E-state index in [0.29, 0.717) is 30.4 Å². The molecule has 2 nitrogen and oxygen atoms in total. The van der Waals surface area contributed by atoms with Gasteiger partial charge in [0.05, 0.1) is 5.60 Å². The molecule has 0 amide bonds. The quantitative estimate of drug-likeness (QED) is 0.920. The van der Waals surface area contributed by atoms with E-state index in [2.05, 4.69) is 20.9 Å². The van der Waals surface area contributed by atoms with Crippen molar-refractivity contribution in [2.45, 2.75) is 24.9 Å². The lowest BCUT2D eigenvalue weighted by Crippen LogP contribution is -2.25. The van der Waals surface area contributed by atoms with Crippen LogP contribution in [-0.4, -0.2) is 10.1 Å². The molecule has 0 fully saturated rings. The molecule has 1 aromatic carbocycles. The second kappa shape index (κ2) is 4.69. The van der Waals surface area contributed by atoms with Crippen molar-refractivity contribution in [3.8, 4) is 0 Å². The van der Waals surface area contributed by atoms with Gasteiger partial charge in [0.2, 0.25) is 0 Å². The zero-order chi connectivity index (χ0) is 13.5. The Bertz CT molecular complexity index is 614. The second-order valence-electron chi connectivity index (χ2n) is 4.94. The average molecular weight is 322 g/mol. The maximum absolute atomic E-state index is 13.7. The Morgan fingerprint density at radius 3 is 2.89 bits per heavy atom. The first-order valence-corrected chi connectivity index (χ1v) is 6.98. The minimum absolute atomic E-state index is 0.225. The van der Waals surface area contributed by atoms with Crippen LogP contribution in [0.5, 0.6) is 0 Å². The van der Waals surface area contributed by atoms with Crippen LogP contribution in [0.15, 0.2) is 41.0 Å². The summed E-state index contributed by atoms with van der Waals surface area (Å²) in [7, 11) is 0. The molecule has 2 aromatic rings. The van der Waals surface area contributed by atoms with E-state index < -0.39 is 5.60 Å². The van der Waals surface area contributed by atoms with Gasteiger partial charge in [-0.05, 0) is 58.1 Å². The molecule has 98 valence electrons. The molecule has 1 N–H and O–H groups in total. The maximum atomic E-state index is 13.7. The highest BCUT2D eigenvalue weighted by Crippen LogP contribution is 2.40. The number of nitrogens with zero attached hydrogens (tertiary/aromatic N) is 1. The number of aromatic nitrogens is 1. The highest BCUT2D eigenvalue weighted by Gasteiger charge is 2.38. The zero-order valence-electron chi connectivity index (χ0n) is 10.2. The molecule has 1 unspecified atom stereocenters. The summed E-state index contributed by atoms with van der Waals surface area (Å²) in [6.45, 7) is 0. The van der Waals surface area contributed by atoms with Gasteiger partial charge in [-0.1, -0.05) is 12.1 Å². The van der Waals surface area contributed by atoms with Gasteiger partial charge in [-0.3, -0.25) is 4.98 Å². The van der Waals surface area contributed by atoms with Crippen molar-refractivity contribution in [3.63, 3.8) is 0 Å². The molecule has 1 atom stereocenters. The van der Waals surface area contributed by atoms with Crippen molar-refractivity contribution in [1.29, 1.82) is 0 Å². The van der Waals surface area contributed by atoms with Crippen molar-refractivity contribution >= 4 is 15.9 Å². The van der Waals surface area contributed by atoms with Crippen molar-refractivity contribution in [2.24, 2.45) is 0 Å². The molecule has 1 aliphatic rings. The minimum Gasteiger partial charge on any atom is -0.385 e. The SMILES string of the molecule is OC1(Cc2ccc(Br)cn2)CCc2c(F)cccc21. The van der Waals surface area contributed by atoms with Crippen LogP contribution >= 0.6 is 15.9 Å². The van der Waals surface area contributed by atoms with Crippen LogP contribution in [0.2, 0.25) is 0 Å². The molecule has 1 aromatic heterocycles. The number of benzene rings is 1. The normalized spacial score (nSPS) is 21.4. The summed E-state index contributed by atoms with van der Waals surface area (Å²) in [6, 6.07) is 8.68. The second-order valence-corrected chi connectivity index (χ2v) is 5.86. The molecule has 4 heteroatoms. The van der Waals surface area contributed by atoms with E-state index in [0.717, 1.165) is 10.2 Å². The van der Waals surface area contributed by atoms with E-state index in [1.807, 2.05) is 18.2 Å². The number of halogens is 2. The molecule has 3 rings (SSSR count). The van der Waals surface area contributed by atoms with Gasteiger partial charge in [0, 0.05) is 22.8 Å². The summed E-state index contributed by atoms with van der Waals surface area (Å²) in [5.41, 5.74) is 1.15. The lowest BCUT2D eigenvalue weighted by molar-refractivity contribution is 0.0379. The molecule has 0 spiro atoms. The number of hydrogen-bond donors (Lipinski definition) is 1. The first-order valence-electron chi connectivity index (χ1n) is 6.19. The van der Waals surface area contributed by atoms with E-state index >= 15 is 0 Å². The van der Waals surface area contributed by atoms with Gasteiger partial charge >= 0.3 is 0 Å². The Kier molecular flexibility index (Phi) is 3.15. The van der Waals surface area contributed by atoms with Gasteiger partial charge in [0.15, 0.2) is 0 Å². The third-order valence-electron chi connectivity index (χ3n) is 3.67. The Labute approximate surface area is 119 Å². The Balaban J connectivity index is 1.94. The molecular formula is C15H13BrFNO. The van der Waals surface area contributed by atoms with Crippen LogP contribution in [0.3, 0.4) is 0 Å². The number of rotatable bonds is 2. The highest BCUT2D eigenvalue weighted by atomic mass is 79.9. The van der Waals surface area contributed by atoms with Gasteiger partial charge in [0.25, 0.3) is 0 Å². The summed E-state index contributed by atoms with van der Waals surface area (Å²) < 4.78 is 14.6. The smallest absolute Gasteiger partial charge is 0.126 e. The van der Waals surface area contributed by atoms with Gasteiger partial charge in [-0.2, -0.15) is 0 Å². The van der Waals surface area contributed by atoms with Crippen LogP contribution in [0.25, 0.3) is 0 Å². The Morgan fingerprint density at radius 2 is 2.16 bits per heavy atom. The number of hydrogen-bond acceptors (Lipinski definition) is 2. The van der Waals surface area contributed by atoms with Crippen LogP contribution in [0.1, 0.15) is 23.2 Å². The maximum Gasteiger partial charge on any atom is 0.126 e. The summed E-state index contributed by atoms with van der Waals surface area (Å²) in [5.74, 6) is -0.225. The number of aliphatic hydroxyl groups is 1. The first kappa shape index (κ1) is 12.8. The summed E-state index contributed by atoms with van der Waals surface area (Å²) >= 11 is 3.33. The monoisotopic (exact) mass is 321 g/mol. The number of fused-ring (bicyclic) bond motifs is 1. The molecule has 0 bridgehead atoms. The van der Waals surface area contributed by atoms with Crippen molar-refractivity contribution < 1.29 is 9.50 Å². The molecule has 0 radical (unpaired) electrons. The number of pyridine rings is 1. The largest absolute Gasteiger partial charge is 0.385 e. The lowest BCUT2D eigenvalue weighted by Gasteiger charge is -2.23. The molecule has 1 heterocycles. The molecule has 0 saturated heterocycles. The first-order chi connectivity index (χ1) is 9.08. The highest BCUT2D eigenvalue weighted by molar-refractivity contribution is 9.10. The minimum atomic E-state index is -1.00. The lowest BCUT2D eigenvalue weighted by atomic mass is 9.90. The van der Waals surface area contributed by atoms with E-state index in [1.165, 1.54) is 6.07 Å². The van der Waals surface area contributed by atoms with E-state index in [1.54, 1.807) is 12.3 Å². The summed E-state index contributed by atoms with van der Waals surface area (Å²) in [5, 5.41) is 10.8. The molecule has 1 aliphatic carbocycles. The molecule has 0 aliphatic heterocycles. The summed E-state index contributed by atoms with van der Waals surface area (Å²) in [4.78, 5) is 4.28. The van der Waals surface area contributed by atoms with Crippen LogP contribution in [0, 0.1) is 5.82 Å². The predicted octanol–water partition coefficient (Wildman–Crippen LogP) is 3.36. The molecular weight excluding hydrogens is 309 g/mol.